The van der Waals surface area contributed by atoms with Crippen molar-refractivity contribution < 1.29 is 8.83 Å². The molecule has 0 bridgehead atoms. The lowest BCUT2D eigenvalue weighted by Gasteiger charge is -2.26. The maximum absolute atomic E-state index is 6.52. The van der Waals surface area contributed by atoms with Crippen LogP contribution in [0.5, 0.6) is 0 Å². The van der Waals surface area contributed by atoms with Crippen LogP contribution in [0.4, 0.5) is 17.1 Å². The van der Waals surface area contributed by atoms with Crippen LogP contribution < -0.4 is 4.90 Å². The minimum Gasteiger partial charge on any atom is -0.456 e. The van der Waals surface area contributed by atoms with Crippen molar-refractivity contribution in [1.82, 2.24) is 4.57 Å². The number of furan rings is 2. The van der Waals surface area contributed by atoms with E-state index in [9.17, 15) is 0 Å². The molecule has 0 spiro atoms. The van der Waals surface area contributed by atoms with E-state index in [-0.39, 0.29) is 0 Å². The summed E-state index contributed by atoms with van der Waals surface area (Å²) < 4.78 is 15.0. The van der Waals surface area contributed by atoms with Gasteiger partial charge in [-0.1, -0.05) is 140 Å². The normalized spacial score (nSPS) is 11.8. The lowest BCUT2D eigenvalue weighted by molar-refractivity contribution is 0.669. The van der Waals surface area contributed by atoms with Gasteiger partial charge in [0.1, 0.15) is 22.3 Å². The molecular weight excluding hydrogens is 781 g/mol. The zero-order valence-corrected chi connectivity index (χ0v) is 34.7. The second kappa shape index (κ2) is 14.5. The summed E-state index contributed by atoms with van der Waals surface area (Å²) in [5.74, 6) is 0. The number of hydrogen-bond donors (Lipinski definition) is 0. The molecule has 0 saturated carbocycles. The zero-order valence-electron chi connectivity index (χ0n) is 34.7. The number of anilines is 3. The first-order valence-corrected chi connectivity index (χ1v) is 21.7. The van der Waals surface area contributed by atoms with Gasteiger partial charge >= 0.3 is 0 Å². The van der Waals surface area contributed by atoms with E-state index < -0.39 is 0 Å². The van der Waals surface area contributed by atoms with Gasteiger partial charge in [0, 0.05) is 60.6 Å². The fraction of sp³-hybridized carbons (Fsp3) is 0. The summed E-state index contributed by atoms with van der Waals surface area (Å²) in [6.45, 7) is 0. The second-order valence-corrected chi connectivity index (χ2v) is 16.5. The molecular formula is C60H38N2O2. The third-order valence-corrected chi connectivity index (χ3v) is 12.8. The average Bonchev–Trinajstić information content (AvgIpc) is 4.04. The van der Waals surface area contributed by atoms with E-state index in [4.69, 9.17) is 8.83 Å². The number of aromatic nitrogens is 1. The molecule has 0 aliphatic carbocycles. The van der Waals surface area contributed by atoms with Crippen molar-refractivity contribution in [1.29, 1.82) is 0 Å². The highest BCUT2D eigenvalue weighted by molar-refractivity contribution is 6.11. The van der Waals surface area contributed by atoms with Crippen molar-refractivity contribution in [2.45, 2.75) is 0 Å². The van der Waals surface area contributed by atoms with Crippen LogP contribution in [0.2, 0.25) is 0 Å². The van der Waals surface area contributed by atoms with Gasteiger partial charge in [-0.25, -0.2) is 0 Å². The van der Waals surface area contributed by atoms with Crippen molar-refractivity contribution in [2.24, 2.45) is 0 Å². The summed E-state index contributed by atoms with van der Waals surface area (Å²) in [6.07, 6.45) is 0. The van der Waals surface area contributed by atoms with Crippen LogP contribution in [0, 0.1) is 0 Å². The van der Waals surface area contributed by atoms with Crippen LogP contribution in [-0.2, 0) is 0 Å². The highest BCUT2D eigenvalue weighted by atomic mass is 16.3. The molecule has 0 atom stereocenters. The summed E-state index contributed by atoms with van der Waals surface area (Å²) in [6, 6.07) is 82.3. The molecule has 3 heterocycles. The Morgan fingerprint density at radius 3 is 1.59 bits per heavy atom. The maximum atomic E-state index is 6.52. The Bertz CT molecular complexity index is 3890. The van der Waals surface area contributed by atoms with E-state index in [1.165, 1.54) is 27.4 Å². The van der Waals surface area contributed by atoms with Crippen molar-refractivity contribution in [3.05, 3.63) is 231 Å². The SMILES string of the molecule is c1ccc(-n2c3ccccc3c3cc(-c4ccc(N(c5ccc(-c6ccc7oc8ccccc8c7c6)cc5)c5cccc(-c6cccc7c6oc6ccccc67)c5)cc4)ccc32)cc1. The number of fused-ring (bicyclic) bond motifs is 9. The highest BCUT2D eigenvalue weighted by Gasteiger charge is 2.18. The molecule has 4 heteroatoms. The first-order valence-electron chi connectivity index (χ1n) is 21.7. The lowest BCUT2D eigenvalue weighted by Crippen LogP contribution is -2.10. The van der Waals surface area contributed by atoms with E-state index in [1.807, 2.05) is 24.3 Å². The first kappa shape index (κ1) is 36.1. The molecule has 0 radical (unpaired) electrons. The minimum atomic E-state index is 0.893. The van der Waals surface area contributed by atoms with E-state index >= 15 is 0 Å². The number of para-hydroxylation sites is 5. The van der Waals surface area contributed by atoms with Crippen molar-refractivity contribution >= 4 is 82.7 Å². The van der Waals surface area contributed by atoms with Gasteiger partial charge in [-0.05, 0) is 119 Å². The number of rotatable bonds is 7. The quantitative estimate of drug-likeness (QED) is 0.161. The largest absolute Gasteiger partial charge is 0.456 e. The van der Waals surface area contributed by atoms with Gasteiger partial charge < -0.3 is 18.3 Å². The molecule has 3 aromatic heterocycles. The molecule has 300 valence electrons. The van der Waals surface area contributed by atoms with Crippen LogP contribution in [0.3, 0.4) is 0 Å². The fourth-order valence-electron chi connectivity index (χ4n) is 9.75. The molecule has 64 heavy (non-hydrogen) atoms. The summed E-state index contributed by atoms with van der Waals surface area (Å²) in [5.41, 5.74) is 17.1. The number of hydrogen-bond acceptors (Lipinski definition) is 3. The third kappa shape index (κ3) is 5.84. The van der Waals surface area contributed by atoms with Crippen LogP contribution in [0.1, 0.15) is 0 Å². The summed E-state index contributed by atoms with van der Waals surface area (Å²) >= 11 is 0. The van der Waals surface area contributed by atoms with E-state index in [0.717, 1.165) is 94.4 Å². The summed E-state index contributed by atoms with van der Waals surface area (Å²) in [4.78, 5) is 2.35. The van der Waals surface area contributed by atoms with E-state index in [2.05, 4.69) is 216 Å². The monoisotopic (exact) mass is 818 g/mol. The highest BCUT2D eigenvalue weighted by Crippen LogP contribution is 2.42. The summed E-state index contributed by atoms with van der Waals surface area (Å²) in [7, 11) is 0. The molecule has 4 nitrogen and oxygen atoms in total. The molecule has 0 aliphatic heterocycles. The Morgan fingerprint density at radius 2 is 0.844 bits per heavy atom. The van der Waals surface area contributed by atoms with E-state index in [0.29, 0.717) is 0 Å². The molecule has 0 amide bonds. The van der Waals surface area contributed by atoms with Gasteiger partial charge in [-0.15, -0.1) is 0 Å². The van der Waals surface area contributed by atoms with Gasteiger partial charge in [0.15, 0.2) is 0 Å². The van der Waals surface area contributed by atoms with Crippen LogP contribution >= 0.6 is 0 Å². The molecule has 0 saturated heterocycles. The standard InChI is InChI=1S/C60H38N2O2/c1-2-13-44(14-3-1)62-55-21-7-4-16-49(55)53-37-41(28-34-56(53)62)39-24-30-45(31-25-39)61(46-32-26-40(27-33-46)42-29-35-59-54(38-42)51-18-6-8-22-57(51)63-59)47-15-10-12-43(36-47)48-19-11-20-52-50-17-5-9-23-58(50)64-60(48)52/h1-38H. The predicted molar refractivity (Wildman–Crippen MR) is 266 cm³/mol. The van der Waals surface area contributed by atoms with Gasteiger partial charge in [0.05, 0.1) is 11.0 Å². The molecule has 10 aromatic carbocycles. The number of benzene rings is 10. The average molecular weight is 819 g/mol. The minimum absolute atomic E-state index is 0.893. The first-order chi connectivity index (χ1) is 31.7. The Kier molecular flexibility index (Phi) is 8.18. The van der Waals surface area contributed by atoms with Crippen LogP contribution in [0.25, 0.3) is 105 Å². The second-order valence-electron chi connectivity index (χ2n) is 16.5. The smallest absolute Gasteiger partial charge is 0.143 e. The molecule has 13 aromatic rings. The topological polar surface area (TPSA) is 34.5 Å². The van der Waals surface area contributed by atoms with Gasteiger partial charge in [0.25, 0.3) is 0 Å². The van der Waals surface area contributed by atoms with Crippen molar-refractivity contribution in [3.8, 4) is 39.1 Å². The lowest BCUT2D eigenvalue weighted by atomic mass is 10.00. The Labute approximate surface area is 369 Å². The van der Waals surface area contributed by atoms with Crippen LogP contribution in [0.15, 0.2) is 239 Å². The van der Waals surface area contributed by atoms with Gasteiger partial charge in [0.2, 0.25) is 0 Å². The zero-order chi connectivity index (χ0) is 42.1. The van der Waals surface area contributed by atoms with Gasteiger partial charge in [-0.3, -0.25) is 0 Å². The molecule has 0 fully saturated rings. The Morgan fingerprint density at radius 1 is 0.297 bits per heavy atom. The van der Waals surface area contributed by atoms with Crippen molar-refractivity contribution in [2.75, 3.05) is 4.90 Å². The van der Waals surface area contributed by atoms with E-state index in [1.54, 1.807) is 0 Å². The molecule has 13 rings (SSSR count). The molecule has 0 unspecified atom stereocenters. The Balaban J connectivity index is 0.914. The van der Waals surface area contributed by atoms with Crippen molar-refractivity contribution in [3.63, 3.8) is 0 Å². The van der Waals surface area contributed by atoms with Gasteiger partial charge in [-0.2, -0.15) is 0 Å². The van der Waals surface area contributed by atoms with Crippen LogP contribution in [-0.4, -0.2) is 4.57 Å². The Hall–Kier alpha value is -8.60. The number of nitrogens with zero attached hydrogens (tertiary/aromatic N) is 2. The third-order valence-electron chi connectivity index (χ3n) is 12.8. The molecule has 0 N–H and O–H groups in total. The summed E-state index contributed by atoms with van der Waals surface area (Å²) in [5, 5.41) is 6.97. The maximum Gasteiger partial charge on any atom is 0.143 e. The predicted octanol–water partition coefficient (Wildman–Crippen LogP) is 17.1. The molecule has 0 aliphatic rings. The fourth-order valence-corrected chi connectivity index (χ4v) is 9.75.